The van der Waals surface area contributed by atoms with Crippen molar-refractivity contribution in [2.75, 3.05) is 0 Å². The van der Waals surface area contributed by atoms with E-state index in [0.717, 1.165) is 0 Å². The van der Waals surface area contributed by atoms with Gasteiger partial charge in [-0.1, -0.05) is 48.0 Å². The first-order valence-electron chi connectivity index (χ1n) is 5.76. The van der Waals surface area contributed by atoms with Gasteiger partial charge in [0.15, 0.2) is 0 Å². The van der Waals surface area contributed by atoms with Crippen LogP contribution in [0.2, 0.25) is 5.02 Å². The van der Waals surface area contributed by atoms with E-state index in [1.54, 1.807) is 42.5 Å². The van der Waals surface area contributed by atoms with E-state index in [4.69, 9.17) is 21.6 Å². The summed E-state index contributed by atoms with van der Waals surface area (Å²) in [7, 11) is 0. The number of hydrogen-bond donors (Lipinski definition) is 1. The van der Waals surface area contributed by atoms with Crippen LogP contribution in [0.5, 0.6) is 5.75 Å². The SMILES string of the molecule is N#Cc1c(Cl)cccc1OC(C(=O)O)c1ccccc1. The number of rotatable bonds is 4. The van der Waals surface area contributed by atoms with E-state index < -0.39 is 12.1 Å². The molecule has 0 amide bonds. The maximum atomic E-state index is 11.3. The smallest absolute Gasteiger partial charge is 0.349 e. The van der Waals surface area contributed by atoms with Crippen LogP contribution < -0.4 is 4.74 Å². The van der Waals surface area contributed by atoms with Crippen molar-refractivity contribution in [1.29, 1.82) is 5.26 Å². The second kappa shape index (κ2) is 6.09. The quantitative estimate of drug-likeness (QED) is 0.935. The van der Waals surface area contributed by atoms with Gasteiger partial charge in [-0.15, -0.1) is 0 Å². The monoisotopic (exact) mass is 287 g/mol. The summed E-state index contributed by atoms with van der Waals surface area (Å²) in [6.07, 6.45) is -1.19. The molecule has 0 aromatic heterocycles. The number of nitrogens with zero attached hydrogens (tertiary/aromatic N) is 1. The molecule has 5 heteroatoms. The Bertz CT molecular complexity index is 665. The van der Waals surface area contributed by atoms with Crippen molar-refractivity contribution in [1.82, 2.24) is 0 Å². The summed E-state index contributed by atoms with van der Waals surface area (Å²) in [6.45, 7) is 0. The van der Waals surface area contributed by atoms with Crippen LogP contribution in [0.15, 0.2) is 48.5 Å². The van der Waals surface area contributed by atoms with Gasteiger partial charge in [-0.25, -0.2) is 4.79 Å². The number of halogens is 1. The lowest BCUT2D eigenvalue weighted by molar-refractivity contribution is -0.145. The van der Waals surface area contributed by atoms with Gasteiger partial charge < -0.3 is 9.84 Å². The second-order valence-corrected chi connectivity index (χ2v) is 4.38. The molecule has 0 saturated carbocycles. The number of aliphatic carboxylic acids is 1. The number of carboxylic acids is 1. The minimum absolute atomic E-state index is 0.122. The molecule has 1 atom stereocenters. The van der Waals surface area contributed by atoms with Crippen molar-refractivity contribution in [2.24, 2.45) is 0 Å². The molecule has 0 heterocycles. The van der Waals surface area contributed by atoms with Crippen molar-refractivity contribution in [3.63, 3.8) is 0 Å². The molecule has 0 spiro atoms. The number of ether oxygens (including phenoxy) is 1. The maximum Gasteiger partial charge on any atom is 0.349 e. The van der Waals surface area contributed by atoms with Gasteiger partial charge in [0.25, 0.3) is 0 Å². The highest BCUT2D eigenvalue weighted by Crippen LogP contribution is 2.29. The third-order valence-corrected chi connectivity index (χ3v) is 2.97. The van der Waals surface area contributed by atoms with Crippen molar-refractivity contribution in [3.05, 3.63) is 64.7 Å². The molecule has 1 unspecified atom stereocenters. The van der Waals surface area contributed by atoms with Gasteiger partial charge in [0.05, 0.1) is 5.02 Å². The van der Waals surface area contributed by atoms with Gasteiger partial charge in [-0.05, 0) is 12.1 Å². The minimum atomic E-state index is -1.19. The minimum Gasteiger partial charge on any atom is -0.478 e. The molecular formula is C15H10ClNO3. The van der Waals surface area contributed by atoms with Gasteiger partial charge in [-0.3, -0.25) is 0 Å². The first-order chi connectivity index (χ1) is 9.63. The van der Waals surface area contributed by atoms with E-state index in [1.807, 2.05) is 6.07 Å². The fourth-order valence-electron chi connectivity index (χ4n) is 1.73. The molecule has 1 N–H and O–H groups in total. The summed E-state index contributed by atoms with van der Waals surface area (Å²) >= 11 is 5.89. The molecule has 0 saturated heterocycles. The Labute approximate surface area is 120 Å². The topological polar surface area (TPSA) is 70.3 Å². The molecule has 20 heavy (non-hydrogen) atoms. The number of hydrogen-bond acceptors (Lipinski definition) is 3. The summed E-state index contributed by atoms with van der Waals surface area (Å²) < 4.78 is 5.46. The Morgan fingerprint density at radius 1 is 1.20 bits per heavy atom. The molecule has 0 radical (unpaired) electrons. The van der Waals surface area contributed by atoms with Crippen LogP contribution in [0.25, 0.3) is 0 Å². The van der Waals surface area contributed by atoms with E-state index >= 15 is 0 Å². The van der Waals surface area contributed by atoms with Crippen molar-refractivity contribution >= 4 is 17.6 Å². The van der Waals surface area contributed by atoms with Crippen LogP contribution in [0.1, 0.15) is 17.2 Å². The van der Waals surface area contributed by atoms with Gasteiger partial charge in [0.2, 0.25) is 6.10 Å². The first-order valence-corrected chi connectivity index (χ1v) is 6.14. The average Bonchev–Trinajstić information content (AvgIpc) is 2.45. The predicted octanol–water partition coefficient (Wildman–Crippen LogP) is 3.42. The van der Waals surface area contributed by atoms with Crippen LogP contribution in [0, 0.1) is 11.3 Å². The number of carboxylic acid groups (broad SMARTS) is 1. The van der Waals surface area contributed by atoms with Gasteiger partial charge in [0, 0.05) is 5.56 Å². The Morgan fingerprint density at radius 3 is 2.50 bits per heavy atom. The zero-order valence-electron chi connectivity index (χ0n) is 10.3. The third-order valence-electron chi connectivity index (χ3n) is 2.66. The average molecular weight is 288 g/mol. The van der Waals surface area contributed by atoms with Crippen LogP contribution in [-0.4, -0.2) is 11.1 Å². The van der Waals surface area contributed by atoms with Crippen LogP contribution in [0.4, 0.5) is 0 Å². The van der Waals surface area contributed by atoms with E-state index in [0.29, 0.717) is 5.56 Å². The number of carbonyl (C=O) groups is 1. The molecule has 0 aliphatic carbocycles. The Morgan fingerprint density at radius 2 is 1.90 bits per heavy atom. The van der Waals surface area contributed by atoms with Gasteiger partial charge >= 0.3 is 5.97 Å². The van der Waals surface area contributed by atoms with E-state index in [1.165, 1.54) is 6.07 Å². The van der Waals surface area contributed by atoms with Gasteiger partial charge in [-0.2, -0.15) is 5.26 Å². The standard InChI is InChI=1S/C15H10ClNO3/c16-12-7-4-8-13(11(12)9-17)20-14(15(18)19)10-5-2-1-3-6-10/h1-8,14H,(H,18,19). The highest BCUT2D eigenvalue weighted by Gasteiger charge is 2.23. The molecular weight excluding hydrogens is 278 g/mol. The van der Waals surface area contributed by atoms with Crippen LogP contribution >= 0.6 is 11.6 Å². The first kappa shape index (κ1) is 13.9. The van der Waals surface area contributed by atoms with Crippen LogP contribution in [-0.2, 0) is 4.79 Å². The summed E-state index contributed by atoms with van der Waals surface area (Å²) in [5.74, 6) is -0.990. The number of nitriles is 1. The molecule has 4 nitrogen and oxygen atoms in total. The molecule has 0 aliphatic heterocycles. The highest BCUT2D eigenvalue weighted by atomic mass is 35.5. The maximum absolute atomic E-state index is 11.3. The normalized spacial score (nSPS) is 11.4. The summed E-state index contributed by atoms with van der Waals surface area (Å²) in [5, 5.41) is 18.6. The molecule has 0 bridgehead atoms. The second-order valence-electron chi connectivity index (χ2n) is 3.97. The molecule has 0 fully saturated rings. The van der Waals surface area contributed by atoms with Crippen LogP contribution in [0.3, 0.4) is 0 Å². The lowest BCUT2D eigenvalue weighted by atomic mass is 10.1. The van der Waals surface area contributed by atoms with Crippen molar-refractivity contribution in [3.8, 4) is 11.8 Å². The zero-order valence-corrected chi connectivity index (χ0v) is 11.0. The van der Waals surface area contributed by atoms with Gasteiger partial charge in [0.1, 0.15) is 17.4 Å². The largest absolute Gasteiger partial charge is 0.478 e. The van der Waals surface area contributed by atoms with E-state index in [9.17, 15) is 9.90 Å². The number of benzene rings is 2. The summed E-state index contributed by atoms with van der Waals surface area (Å²) in [6, 6.07) is 15.1. The predicted molar refractivity (Wildman–Crippen MR) is 73.6 cm³/mol. The fourth-order valence-corrected chi connectivity index (χ4v) is 1.94. The third kappa shape index (κ3) is 2.90. The fraction of sp³-hybridized carbons (Fsp3) is 0.0667. The van der Waals surface area contributed by atoms with Crippen molar-refractivity contribution in [2.45, 2.75) is 6.10 Å². The molecule has 100 valence electrons. The summed E-state index contributed by atoms with van der Waals surface area (Å²) in [5.41, 5.74) is 0.611. The zero-order chi connectivity index (χ0) is 14.5. The summed E-state index contributed by atoms with van der Waals surface area (Å²) in [4.78, 5) is 11.3. The Balaban J connectivity index is 2.38. The molecule has 2 aromatic rings. The lowest BCUT2D eigenvalue weighted by Gasteiger charge is -2.16. The highest BCUT2D eigenvalue weighted by molar-refractivity contribution is 6.31. The Kier molecular flexibility index (Phi) is 4.24. The molecule has 2 aromatic carbocycles. The lowest BCUT2D eigenvalue weighted by Crippen LogP contribution is -2.18. The molecule has 2 rings (SSSR count). The van der Waals surface area contributed by atoms with E-state index in [-0.39, 0.29) is 16.3 Å². The Hall–Kier alpha value is -2.51. The van der Waals surface area contributed by atoms with E-state index in [2.05, 4.69) is 0 Å². The molecule has 0 aliphatic rings. The van der Waals surface area contributed by atoms with Crippen molar-refractivity contribution < 1.29 is 14.6 Å².